The number of aliphatic hydroxyl groups is 2. The number of nitrogens with zero attached hydrogens (tertiary/aromatic N) is 2. The molecule has 4 rings (SSSR count). The first-order valence-corrected chi connectivity index (χ1v) is 14.3. The Morgan fingerprint density at radius 2 is 1.63 bits per heavy atom. The van der Waals surface area contributed by atoms with E-state index in [2.05, 4.69) is 73.3 Å². The van der Waals surface area contributed by atoms with Crippen LogP contribution in [0, 0.1) is 0 Å². The number of carbonyl (C=O) groups excluding carboxylic acids is 1. The molecule has 0 aliphatic rings. The van der Waals surface area contributed by atoms with Crippen molar-refractivity contribution in [2.45, 2.75) is 58.8 Å². The van der Waals surface area contributed by atoms with E-state index in [1.54, 1.807) is 18.3 Å². The summed E-state index contributed by atoms with van der Waals surface area (Å²) in [6.45, 7) is 8.61. The van der Waals surface area contributed by atoms with Gasteiger partial charge in [-0.1, -0.05) is 52.0 Å². The van der Waals surface area contributed by atoms with Crippen LogP contribution in [0.3, 0.4) is 0 Å². The molecule has 41 heavy (non-hydrogen) atoms. The fraction of sp³-hybridized carbons (Fsp3) is 0.364. The number of amides is 2. The van der Waals surface area contributed by atoms with E-state index in [1.165, 1.54) is 10.5 Å². The first-order valence-electron chi connectivity index (χ1n) is 14.3. The lowest BCUT2D eigenvalue weighted by atomic mass is 9.88. The van der Waals surface area contributed by atoms with Crippen LogP contribution in [0.4, 0.5) is 16.2 Å². The van der Waals surface area contributed by atoms with Crippen molar-refractivity contribution >= 4 is 28.4 Å². The number of fused-ring (bicyclic) bond motifs is 1. The summed E-state index contributed by atoms with van der Waals surface area (Å²) in [5.41, 5.74) is 6.29. The van der Waals surface area contributed by atoms with Gasteiger partial charge in [0.1, 0.15) is 11.3 Å². The lowest BCUT2D eigenvalue weighted by Crippen LogP contribution is -2.39. The van der Waals surface area contributed by atoms with Crippen LogP contribution in [-0.2, 0) is 6.42 Å². The zero-order valence-electron chi connectivity index (χ0n) is 24.3. The summed E-state index contributed by atoms with van der Waals surface area (Å²) < 4.78 is 0. The highest BCUT2D eigenvalue weighted by Gasteiger charge is 2.24. The topological polar surface area (TPSA) is 119 Å². The van der Waals surface area contributed by atoms with Crippen molar-refractivity contribution in [1.29, 1.82) is 0 Å². The summed E-state index contributed by atoms with van der Waals surface area (Å²) in [6, 6.07) is 17.5. The maximum atomic E-state index is 13.9. The van der Waals surface area contributed by atoms with Gasteiger partial charge in [0.25, 0.3) is 5.56 Å². The Morgan fingerprint density at radius 3 is 2.29 bits per heavy atom. The van der Waals surface area contributed by atoms with Crippen molar-refractivity contribution in [3.63, 3.8) is 0 Å². The molecule has 0 aliphatic heterocycles. The van der Waals surface area contributed by atoms with Gasteiger partial charge in [0.15, 0.2) is 0 Å². The van der Waals surface area contributed by atoms with Crippen LogP contribution >= 0.6 is 0 Å². The summed E-state index contributed by atoms with van der Waals surface area (Å²) in [4.78, 5) is 35.3. The van der Waals surface area contributed by atoms with Gasteiger partial charge in [-0.25, -0.2) is 9.78 Å². The number of carbonyl (C=O) groups is 1. The Labute approximate surface area is 241 Å². The molecule has 4 N–H and O–H groups in total. The molecule has 8 nitrogen and oxygen atoms in total. The third kappa shape index (κ3) is 7.01. The van der Waals surface area contributed by atoms with Crippen molar-refractivity contribution in [1.82, 2.24) is 9.97 Å². The Morgan fingerprint density at radius 1 is 0.927 bits per heavy atom. The Bertz CT molecular complexity index is 1530. The maximum Gasteiger partial charge on any atom is 0.326 e. The fourth-order valence-electron chi connectivity index (χ4n) is 5.06. The number of aryl methyl sites for hydroxylation is 1. The average Bonchev–Trinajstić information content (AvgIpc) is 2.96. The van der Waals surface area contributed by atoms with Gasteiger partial charge < -0.3 is 20.5 Å². The van der Waals surface area contributed by atoms with Crippen molar-refractivity contribution < 1.29 is 15.0 Å². The van der Waals surface area contributed by atoms with Crippen LogP contribution in [0.25, 0.3) is 22.2 Å². The van der Waals surface area contributed by atoms with Crippen LogP contribution in [0.1, 0.15) is 69.1 Å². The second-order valence-electron chi connectivity index (χ2n) is 11.0. The van der Waals surface area contributed by atoms with Crippen molar-refractivity contribution in [2.75, 3.05) is 30.0 Å². The maximum absolute atomic E-state index is 13.9. The van der Waals surface area contributed by atoms with Gasteiger partial charge in [-0.05, 0) is 89.2 Å². The molecule has 2 heterocycles. The molecule has 0 unspecified atom stereocenters. The first-order chi connectivity index (χ1) is 19.7. The number of pyridine rings is 2. The number of anilines is 2. The molecule has 4 aromatic rings. The van der Waals surface area contributed by atoms with E-state index in [-0.39, 0.29) is 37.3 Å². The Kier molecular flexibility index (Phi) is 9.91. The highest BCUT2D eigenvalue weighted by molar-refractivity contribution is 6.03. The van der Waals surface area contributed by atoms with Crippen LogP contribution in [0.15, 0.2) is 65.6 Å². The lowest BCUT2D eigenvalue weighted by molar-refractivity contribution is 0.254. The van der Waals surface area contributed by atoms with E-state index >= 15 is 0 Å². The van der Waals surface area contributed by atoms with Gasteiger partial charge >= 0.3 is 6.03 Å². The summed E-state index contributed by atoms with van der Waals surface area (Å²) in [6.07, 6.45) is 3.44. The van der Waals surface area contributed by atoms with E-state index < -0.39 is 11.6 Å². The van der Waals surface area contributed by atoms with E-state index in [0.717, 1.165) is 34.4 Å². The Balaban J connectivity index is 1.77. The second-order valence-corrected chi connectivity index (χ2v) is 11.0. The molecule has 8 heteroatoms. The predicted octanol–water partition coefficient (Wildman–Crippen LogP) is 6.18. The molecule has 0 bridgehead atoms. The largest absolute Gasteiger partial charge is 0.396 e. The number of aromatic amines is 1. The predicted molar refractivity (Wildman–Crippen MR) is 166 cm³/mol. The minimum Gasteiger partial charge on any atom is -0.396 e. The highest BCUT2D eigenvalue weighted by atomic mass is 16.3. The number of rotatable bonds is 11. The molecule has 0 saturated carbocycles. The number of H-pyrrole nitrogens is 1. The molecule has 0 fully saturated rings. The van der Waals surface area contributed by atoms with E-state index in [1.807, 2.05) is 12.1 Å². The summed E-state index contributed by atoms with van der Waals surface area (Å²) in [5.74, 6) is 0.225. The third-order valence-electron chi connectivity index (χ3n) is 7.23. The number of hydrogen-bond acceptors (Lipinski definition) is 5. The quantitative estimate of drug-likeness (QED) is 0.176. The van der Waals surface area contributed by atoms with Gasteiger partial charge in [-0.3, -0.25) is 9.69 Å². The number of urea groups is 1. The van der Waals surface area contributed by atoms with Gasteiger partial charge in [0, 0.05) is 37.0 Å². The summed E-state index contributed by atoms with van der Waals surface area (Å²) in [5, 5.41) is 22.7. The van der Waals surface area contributed by atoms with Gasteiger partial charge in [-0.15, -0.1) is 0 Å². The van der Waals surface area contributed by atoms with Gasteiger partial charge in [-0.2, -0.15) is 0 Å². The smallest absolute Gasteiger partial charge is 0.326 e. The minimum absolute atomic E-state index is 0.112. The molecule has 0 radical (unpaired) electrons. The number of nitrogens with one attached hydrogen (secondary N) is 2. The van der Waals surface area contributed by atoms with E-state index in [9.17, 15) is 19.8 Å². The zero-order valence-corrected chi connectivity index (χ0v) is 24.3. The van der Waals surface area contributed by atoms with Gasteiger partial charge in [0.05, 0.1) is 0 Å². The molecular formula is C33H40N4O4. The third-order valence-corrected chi connectivity index (χ3v) is 7.23. The number of hydrogen-bond donors (Lipinski definition) is 4. The minimum atomic E-state index is -0.435. The summed E-state index contributed by atoms with van der Waals surface area (Å²) >= 11 is 0. The molecule has 0 spiro atoms. The SMILES string of the molecule is CC(C)c1cc(-c2cccc(CCCO)c2)cc(C(C)C)c1NC(=O)N(CCCO)c1cc2cccnc2[nH]c1=O. The van der Waals surface area contributed by atoms with E-state index in [4.69, 9.17) is 0 Å². The van der Waals surface area contributed by atoms with Crippen LogP contribution < -0.4 is 15.8 Å². The molecule has 216 valence electrons. The zero-order chi connectivity index (χ0) is 29.5. The number of aromatic nitrogens is 2. The molecule has 0 aliphatic carbocycles. The van der Waals surface area contributed by atoms with Gasteiger partial charge in [0.2, 0.25) is 0 Å². The molecule has 2 aromatic carbocycles. The van der Waals surface area contributed by atoms with Crippen LogP contribution in [0.2, 0.25) is 0 Å². The lowest BCUT2D eigenvalue weighted by Gasteiger charge is -2.26. The average molecular weight is 557 g/mol. The van der Waals surface area contributed by atoms with Crippen molar-refractivity contribution in [2.24, 2.45) is 0 Å². The van der Waals surface area contributed by atoms with Crippen LogP contribution in [-0.4, -0.2) is 46.0 Å². The Hall–Kier alpha value is -4.01. The molecular weight excluding hydrogens is 516 g/mol. The van der Waals surface area contributed by atoms with E-state index in [0.29, 0.717) is 23.9 Å². The van der Waals surface area contributed by atoms with Crippen LogP contribution in [0.5, 0.6) is 0 Å². The monoisotopic (exact) mass is 556 g/mol. The fourth-order valence-corrected chi connectivity index (χ4v) is 5.06. The molecule has 2 aromatic heterocycles. The molecule has 0 atom stereocenters. The highest BCUT2D eigenvalue weighted by Crippen LogP contribution is 2.38. The first kappa shape index (κ1) is 30.0. The summed E-state index contributed by atoms with van der Waals surface area (Å²) in [7, 11) is 0. The number of aliphatic hydroxyl groups excluding tert-OH is 2. The molecule has 0 saturated heterocycles. The van der Waals surface area contributed by atoms with Crippen molar-refractivity contribution in [3.05, 3.63) is 87.8 Å². The normalized spacial score (nSPS) is 11.4. The second kappa shape index (κ2) is 13.6. The van der Waals surface area contributed by atoms with Crippen molar-refractivity contribution in [3.8, 4) is 11.1 Å². The number of benzene rings is 2. The standard InChI is InChI=1S/C33H40N4O4/c1-21(2)27-18-26(24-11-5-9-23(17-24)10-7-15-38)19-28(22(3)4)30(27)35-33(41)37(14-8-16-39)29-20-25-12-6-13-34-31(25)36-32(29)40/h5-6,9,11-13,17-22,38-39H,7-8,10,14-16H2,1-4H3,(H,35,41)(H,34,36,40). The molecule has 2 amide bonds.